The third-order valence-corrected chi connectivity index (χ3v) is 3.03. The lowest BCUT2D eigenvalue weighted by Gasteiger charge is -2.46. The van der Waals surface area contributed by atoms with Gasteiger partial charge >= 0.3 is 0 Å². The van der Waals surface area contributed by atoms with Crippen molar-refractivity contribution >= 4 is 0 Å². The second-order valence-corrected chi connectivity index (χ2v) is 4.78. The van der Waals surface area contributed by atoms with E-state index in [9.17, 15) is 5.11 Å². The molecule has 0 spiro atoms. The van der Waals surface area contributed by atoms with Gasteiger partial charge in [0.25, 0.3) is 0 Å². The van der Waals surface area contributed by atoms with E-state index < -0.39 is 5.79 Å². The molecule has 88 valence electrons. The number of aliphatic hydroxyl groups excluding tert-OH is 1. The van der Waals surface area contributed by atoms with E-state index in [0.29, 0.717) is 0 Å². The van der Waals surface area contributed by atoms with Gasteiger partial charge in [-0.15, -0.1) is 6.58 Å². The fourth-order valence-electron chi connectivity index (χ4n) is 2.07. The Morgan fingerprint density at radius 3 is 2.53 bits per heavy atom. The summed E-state index contributed by atoms with van der Waals surface area (Å²) in [7, 11) is 0. The molecule has 0 radical (unpaired) electrons. The third-order valence-electron chi connectivity index (χ3n) is 3.03. The summed E-state index contributed by atoms with van der Waals surface area (Å²) < 4.78 is 11.5. The number of hydrogen-bond donors (Lipinski definition) is 1. The summed E-state index contributed by atoms with van der Waals surface area (Å²) in [6, 6.07) is 0. The van der Waals surface area contributed by atoms with Crippen molar-refractivity contribution in [3.8, 4) is 0 Å². The molecule has 1 saturated heterocycles. The van der Waals surface area contributed by atoms with Gasteiger partial charge in [-0.05, 0) is 13.8 Å². The van der Waals surface area contributed by atoms with Gasteiger partial charge in [0.15, 0.2) is 5.79 Å². The summed E-state index contributed by atoms with van der Waals surface area (Å²) in [5, 5.41) is 9.26. The SMILES string of the molecule is C=C[C@H](C)[C@H]1OC(C)(C)O[C@H](CO)[C@H]1C. The molecule has 1 N–H and O–H groups in total. The number of aliphatic hydroxyl groups is 1. The lowest BCUT2D eigenvalue weighted by molar-refractivity contribution is -0.328. The van der Waals surface area contributed by atoms with Crippen LogP contribution in [0.15, 0.2) is 12.7 Å². The predicted molar refractivity (Wildman–Crippen MR) is 59.4 cm³/mol. The first-order valence-electron chi connectivity index (χ1n) is 5.50. The van der Waals surface area contributed by atoms with Gasteiger partial charge in [0, 0.05) is 11.8 Å². The second kappa shape index (κ2) is 4.64. The fraction of sp³-hybridized carbons (Fsp3) is 0.833. The Labute approximate surface area is 92.1 Å². The van der Waals surface area contributed by atoms with E-state index in [-0.39, 0.29) is 30.7 Å². The average Bonchev–Trinajstić information content (AvgIpc) is 2.19. The number of hydrogen-bond acceptors (Lipinski definition) is 3. The Kier molecular flexibility index (Phi) is 3.93. The van der Waals surface area contributed by atoms with Crippen LogP contribution in [-0.2, 0) is 9.47 Å². The van der Waals surface area contributed by atoms with E-state index in [1.807, 2.05) is 26.8 Å². The molecule has 0 amide bonds. The van der Waals surface area contributed by atoms with Crippen LogP contribution < -0.4 is 0 Å². The Morgan fingerprint density at radius 2 is 2.07 bits per heavy atom. The first-order valence-corrected chi connectivity index (χ1v) is 5.50. The summed E-state index contributed by atoms with van der Waals surface area (Å²) in [5.41, 5.74) is 0. The van der Waals surface area contributed by atoms with Gasteiger partial charge in [0.1, 0.15) is 0 Å². The standard InChI is InChI=1S/C12H22O3/c1-6-8(2)11-9(3)10(7-13)14-12(4,5)15-11/h6,8-11,13H,1,7H2,2-5H3/t8-,9+,10+,11+/m0/s1. The minimum atomic E-state index is -0.623. The molecule has 1 rings (SSSR count). The predicted octanol–water partition coefficient (Wildman–Crippen LogP) is 1.96. The Morgan fingerprint density at radius 1 is 1.47 bits per heavy atom. The molecule has 0 aromatic rings. The van der Waals surface area contributed by atoms with Crippen molar-refractivity contribution in [1.82, 2.24) is 0 Å². The molecule has 4 atom stereocenters. The molecule has 0 unspecified atom stereocenters. The van der Waals surface area contributed by atoms with Gasteiger partial charge in [0.05, 0.1) is 18.8 Å². The zero-order valence-corrected chi connectivity index (χ0v) is 10.1. The van der Waals surface area contributed by atoms with Crippen LogP contribution >= 0.6 is 0 Å². The van der Waals surface area contributed by atoms with E-state index in [2.05, 4.69) is 13.5 Å². The highest BCUT2D eigenvalue weighted by Gasteiger charge is 2.41. The molecule has 0 aliphatic carbocycles. The first-order chi connectivity index (χ1) is 6.91. The van der Waals surface area contributed by atoms with Crippen molar-refractivity contribution in [2.75, 3.05) is 6.61 Å². The highest BCUT2D eigenvalue weighted by Crippen LogP contribution is 2.34. The topological polar surface area (TPSA) is 38.7 Å². The monoisotopic (exact) mass is 214 g/mol. The fourth-order valence-corrected chi connectivity index (χ4v) is 2.07. The molecule has 0 saturated carbocycles. The zero-order chi connectivity index (χ0) is 11.6. The van der Waals surface area contributed by atoms with Gasteiger partial charge in [0.2, 0.25) is 0 Å². The highest BCUT2D eigenvalue weighted by atomic mass is 16.7. The summed E-state index contributed by atoms with van der Waals surface area (Å²) in [4.78, 5) is 0. The molecule has 3 nitrogen and oxygen atoms in total. The van der Waals surface area contributed by atoms with E-state index >= 15 is 0 Å². The third kappa shape index (κ3) is 2.80. The van der Waals surface area contributed by atoms with E-state index in [0.717, 1.165) is 0 Å². The van der Waals surface area contributed by atoms with E-state index in [4.69, 9.17) is 9.47 Å². The van der Waals surface area contributed by atoms with Crippen molar-refractivity contribution in [2.45, 2.75) is 45.7 Å². The quantitative estimate of drug-likeness (QED) is 0.730. The molecule has 1 aliphatic heterocycles. The lowest BCUT2D eigenvalue weighted by atomic mass is 9.87. The maximum atomic E-state index is 9.26. The largest absolute Gasteiger partial charge is 0.394 e. The molecular formula is C12H22O3. The molecule has 0 aromatic heterocycles. The van der Waals surface area contributed by atoms with Crippen molar-refractivity contribution in [2.24, 2.45) is 11.8 Å². The Bertz CT molecular complexity index is 225. The molecule has 15 heavy (non-hydrogen) atoms. The van der Waals surface area contributed by atoms with Gasteiger partial charge < -0.3 is 14.6 Å². The van der Waals surface area contributed by atoms with Crippen molar-refractivity contribution in [3.05, 3.63) is 12.7 Å². The smallest absolute Gasteiger partial charge is 0.163 e. The minimum Gasteiger partial charge on any atom is -0.394 e. The minimum absolute atomic E-state index is 0.0360. The van der Waals surface area contributed by atoms with Crippen molar-refractivity contribution < 1.29 is 14.6 Å². The lowest BCUT2D eigenvalue weighted by Crippen LogP contribution is -2.53. The van der Waals surface area contributed by atoms with Gasteiger partial charge in [-0.25, -0.2) is 0 Å². The molecular weight excluding hydrogens is 192 g/mol. The maximum Gasteiger partial charge on any atom is 0.163 e. The average molecular weight is 214 g/mol. The van der Waals surface area contributed by atoms with E-state index in [1.165, 1.54) is 0 Å². The Hall–Kier alpha value is -0.380. The summed E-state index contributed by atoms with van der Waals surface area (Å²) >= 11 is 0. The van der Waals surface area contributed by atoms with Crippen LogP contribution in [0, 0.1) is 11.8 Å². The van der Waals surface area contributed by atoms with Crippen LogP contribution in [0.4, 0.5) is 0 Å². The summed E-state index contributed by atoms with van der Waals surface area (Å²) in [5.74, 6) is -0.185. The normalized spacial score (nSPS) is 37.3. The zero-order valence-electron chi connectivity index (χ0n) is 10.1. The summed E-state index contributed by atoms with van der Waals surface area (Å²) in [6.45, 7) is 11.7. The molecule has 3 heteroatoms. The van der Waals surface area contributed by atoms with Crippen molar-refractivity contribution in [1.29, 1.82) is 0 Å². The Balaban J connectivity index is 2.81. The van der Waals surface area contributed by atoms with Gasteiger partial charge in [-0.3, -0.25) is 0 Å². The van der Waals surface area contributed by atoms with Crippen LogP contribution in [0.2, 0.25) is 0 Å². The number of rotatable bonds is 3. The first kappa shape index (κ1) is 12.7. The molecule has 1 heterocycles. The van der Waals surface area contributed by atoms with Gasteiger partial charge in [-0.2, -0.15) is 0 Å². The molecule has 1 fully saturated rings. The van der Waals surface area contributed by atoms with Crippen LogP contribution in [0.3, 0.4) is 0 Å². The van der Waals surface area contributed by atoms with E-state index in [1.54, 1.807) is 0 Å². The summed E-state index contributed by atoms with van der Waals surface area (Å²) in [6.07, 6.45) is 1.79. The molecule has 0 aromatic carbocycles. The molecule has 1 aliphatic rings. The van der Waals surface area contributed by atoms with Crippen LogP contribution in [0.25, 0.3) is 0 Å². The highest BCUT2D eigenvalue weighted by molar-refractivity contribution is 4.91. The van der Waals surface area contributed by atoms with Gasteiger partial charge in [-0.1, -0.05) is 19.9 Å². The number of ether oxygens (including phenoxy) is 2. The van der Waals surface area contributed by atoms with Crippen LogP contribution in [0.1, 0.15) is 27.7 Å². The van der Waals surface area contributed by atoms with Crippen molar-refractivity contribution in [3.63, 3.8) is 0 Å². The molecule has 0 bridgehead atoms. The maximum absolute atomic E-state index is 9.26. The van der Waals surface area contributed by atoms with Crippen LogP contribution in [-0.4, -0.2) is 29.7 Å². The second-order valence-electron chi connectivity index (χ2n) is 4.78. The van der Waals surface area contributed by atoms with Crippen LogP contribution in [0.5, 0.6) is 0 Å².